The number of aryl methyl sites for hydroxylation is 1. The largest absolute Gasteiger partial charge is 0.481 e. The predicted molar refractivity (Wildman–Crippen MR) is 109 cm³/mol. The molecule has 154 valence electrons. The second-order valence-corrected chi connectivity index (χ2v) is 7.69. The van der Waals surface area contributed by atoms with Crippen LogP contribution in [-0.4, -0.2) is 22.9 Å². The van der Waals surface area contributed by atoms with Crippen molar-refractivity contribution < 1.29 is 23.9 Å². The van der Waals surface area contributed by atoms with Crippen LogP contribution in [0.4, 0.5) is 11.4 Å². The minimum Gasteiger partial charge on any atom is -0.481 e. The minimum atomic E-state index is -0.980. The van der Waals surface area contributed by atoms with Gasteiger partial charge in [0.25, 0.3) is 5.91 Å². The summed E-state index contributed by atoms with van der Waals surface area (Å²) in [5, 5.41) is 15.3. The summed E-state index contributed by atoms with van der Waals surface area (Å²) in [6, 6.07) is 8.34. The van der Waals surface area contributed by atoms with E-state index in [0.29, 0.717) is 24.2 Å². The van der Waals surface area contributed by atoms with Gasteiger partial charge in [0, 0.05) is 17.8 Å². The Hall–Kier alpha value is -3.09. The van der Waals surface area contributed by atoms with Crippen LogP contribution in [0.5, 0.6) is 0 Å². The highest BCUT2D eigenvalue weighted by atomic mass is 16.4. The molecule has 1 aliphatic rings. The van der Waals surface area contributed by atoms with Crippen molar-refractivity contribution in [2.75, 3.05) is 10.6 Å². The molecule has 0 radical (unpaired) electrons. The first kappa shape index (κ1) is 20.6. The average Bonchev–Trinajstić information content (AvgIpc) is 3.11. The number of furan rings is 1. The van der Waals surface area contributed by atoms with Gasteiger partial charge in [-0.25, -0.2) is 0 Å². The lowest BCUT2D eigenvalue weighted by Gasteiger charge is -2.27. The third kappa shape index (κ3) is 5.04. The molecule has 29 heavy (non-hydrogen) atoms. The van der Waals surface area contributed by atoms with Gasteiger partial charge in [-0.2, -0.15) is 0 Å². The second-order valence-electron chi connectivity index (χ2n) is 7.69. The average molecular weight is 398 g/mol. The monoisotopic (exact) mass is 398 g/mol. The molecule has 0 saturated heterocycles. The van der Waals surface area contributed by atoms with Gasteiger partial charge in [-0.3, -0.25) is 14.4 Å². The maximum Gasteiger partial charge on any atom is 0.310 e. The zero-order valence-electron chi connectivity index (χ0n) is 16.5. The molecule has 2 amide bonds. The van der Waals surface area contributed by atoms with Crippen molar-refractivity contribution in [1.82, 2.24) is 0 Å². The number of hydrogen-bond acceptors (Lipinski definition) is 4. The fourth-order valence-electron chi connectivity index (χ4n) is 3.86. The van der Waals surface area contributed by atoms with Crippen molar-refractivity contribution in [3.63, 3.8) is 0 Å². The first-order valence-corrected chi connectivity index (χ1v) is 9.88. The molecule has 3 rings (SSSR count). The van der Waals surface area contributed by atoms with Crippen molar-refractivity contribution in [2.45, 2.75) is 51.9 Å². The quantitative estimate of drug-likeness (QED) is 0.617. The lowest BCUT2D eigenvalue weighted by molar-refractivity contribution is -0.152. The van der Waals surface area contributed by atoms with E-state index in [9.17, 15) is 19.5 Å². The molecule has 3 N–H and O–H groups in total. The van der Waals surface area contributed by atoms with Crippen LogP contribution in [0, 0.1) is 12.3 Å². The Kier molecular flexibility index (Phi) is 6.36. The molecule has 0 aliphatic heterocycles. The summed E-state index contributed by atoms with van der Waals surface area (Å²) >= 11 is 0. The van der Waals surface area contributed by atoms with Gasteiger partial charge in [-0.05, 0) is 55.7 Å². The molecule has 7 heteroatoms. The summed E-state index contributed by atoms with van der Waals surface area (Å²) in [5.41, 5.74) is 0.963. The number of amides is 2. The van der Waals surface area contributed by atoms with Crippen molar-refractivity contribution in [2.24, 2.45) is 5.41 Å². The molecule has 0 spiro atoms. The van der Waals surface area contributed by atoms with Crippen LogP contribution in [0.2, 0.25) is 0 Å². The van der Waals surface area contributed by atoms with Crippen LogP contribution in [0.3, 0.4) is 0 Å². The third-order valence-electron chi connectivity index (χ3n) is 5.52. The SMILES string of the molecule is Cc1cc(NC(=O)CC2(C(=O)O)CCCCCC2)ccc1NC(=O)c1ccco1. The molecule has 1 aromatic heterocycles. The topological polar surface area (TPSA) is 109 Å². The Balaban J connectivity index is 1.65. The zero-order chi connectivity index (χ0) is 20.9. The number of aliphatic carboxylic acids is 1. The Morgan fingerprint density at radius 2 is 1.79 bits per heavy atom. The van der Waals surface area contributed by atoms with Crippen molar-refractivity contribution in [1.29, 1.82) is 0 Å². The van der Waals surface area contributed by atoms with E-state index in [0.717, 1.165) is 31.2 Å². The normalized spacial score (nSPS) is 15.9. The van der Waals surface area contributed by atoms with E-state index in [1.807, 2.05) is 6.92 Å². The highest BCUT2D eigenvalue weighted by Crippen LogP contribution is 2.38. The first-order chi connectivity index (χ1) is 13.9. The summed E-state index contributed by atoms with van der Waals surface area (Å²) in [7, 11) is 0. The second kappa shape index (κ2) is 8.94. The van der Waals surface area contributed by atoms with E-state index in [1.54, 1.807) is 30.3 Å². The maximum absolute atomic E-state index is 12.6. The maximum atomic E-state index is 12.6. The minimum absolute atomic E-state index is 0.0294. The molecule has 1 saturated carbocycles. The number of benzene rings is 1. The molecular weight excluding hydrogens is 372 g/mol. The Bertz CT molecular complexity index is 881. The van der Waals surface area contributed by atoms with E-state index in [1.165, 1.54) is 6.26 Å². The van der Waals surface area contributed by atoms with Crippen LogP contribution in [0.25, 0.3) is 0 Å². The number of hydrogen-bond donors (Lipinski definition) is 3. The molecule has 0 unspecified atom stereocenters. The van der Waals surface area contributed by atoms with Gasteiger partial charge < -0.3 is 20.2 Å². The van der Waals surface area contributed by atoms with E-state index >= 15 is 0 Å². The van der Waals surface area contributed by atoms with Crippen molar-refractivity contribution in [3.8, 4) is 0 Å². The van der Waals surface area contributed by atoms with Crippen molar-refractivity contribution in [3.05, 3.63) is 47.9 Å². The molecule has 1 aromatic carbocycles. The van der Waals surface area contributed by atoms with E-state index in [4.69, 9.17) is 4.42 Å². The summed E-state index contributed by atoms with van der Waals surface area (Å²) in [4.78, 5) is 36.6. The number of carboxylic acids is 1. The molecule has 2 aromatic rings. The van der Waals surface area contributed by atoms with Gasteiger partial charge in [0.15, 0.2) is 5.76 Å². The molecule has 7 nitrogen and oxygen atoms in total. The molecule has 1 aliphatic carbocycles. The number of carbonyl (C=O) groups is 3. The third-order valence-corrected chi connectivity index (χ3v) is 5.52. The smallest absolute Gasteiger partial charge is 0.310 e. The fourth-order valence-corrected chi connectivity index (χ4v) is 3.86. The van der Waals surface area contributed by atoms with E-state index in [-0.39, 0.29) is 24.0 Å². The Morgan fingerprint density at radius 3 is 2.38 bits per heavy atom. The highest BCUT2D eigenvalue weighted by molar-refractivity contribution is 6.03. The molecular formula is C22H26N2O5. The van der Waals surface area contributed by atoms with E-state index < -0.39 is 11.4 Å². The van der Waals surface area contributed by atoms with Gasteiger partial charge in [0.1, 0.15) is 0 Å². The summed E-state index contributed by atoms with van der Waals surface area (Å²) in [6.45, 7) is 1.82. The number of rotatable bonds is 6. The molecule has 0 bridgehead atoms. The lowest BCUT2D eigenvalue weighted by atomic mass is 9.77. The number of carbonyl (C=O) groups excluding carboxylic acids is 2. The zero-order valence-corrected chi connectivity index (χ0v) is 16.5. The van der Waals surface area contributed by atoms with Crippen LogP contribution in [0.1, 0.15) is 61.1 Å². The molecule has 1 fully saturated rings. The first-order valence-electron chi connectivity index (χ1n) is 9.88. The Morgan fingerprint density at radius 1 is 1.07 bits per heavy atom. The van der Waals surface area contributed by atoms with Gasteiger partial charge in [-0.15, -0.1) is 0 Å². The van der Waals surface area contributed by atoms with Gasteiger partial charge in [0.2, 0.25) is 5.91 Å². The number of nitrogens with one attached hydrogen (secondary N) is 2. The molecule has 0 atom stereocenters. The molecule has 1 heterocycles. The fraction of sp³-hybridized carbons (Fsp3) is 0.409. The predicted octanol–water partition coefficient (Wildman–Crippen LogP) is 4.59. The summed E-state index contributed by atoms with van der Waals surface area (Å²) in [5.74, 6) is -1.33. The van der Waals surface area contributed by atoms with Gasteiger partial charge in [-0.1, -0.05) is 25.7 Å². The van der Waals surface area contributed by atoms with Crippen LogP contribution >= 0.6 is 0 Å². The van der Waals surface area contributed by atoms with Crippen LogP contribution in [0.15, 0.2) is 41.0 Å². The summed E-state index contributed by atoms with van der Waals surface area (Å²) < 4.78 is 5.08. The summed E-state index contributed by atoms with van der Waals surface area (Å²) in [6.07, 6.45) is 6.17. The lowest BCUT2D eigenvalue weighted by Crippen LogP contribution is -2.35. The number of anilines is 2. The standard InChI is InChI=1S/C22H26N2O5/c1-15-13-16(8-9-17(15)24-20(26)18-7-6-12-29-18)23-19(25)14-22(21(27)28)10-4-2-3-5-11-22/h6-9,12-13H,2-5,10-11,14H2,1H3,(H,23,25)(H,24,26)(H,27,28). The van der Waals surface area contributed by atoms with Gasteiger partial charge in [0.05, 0.1) is 11.7 Å². The Labute approximate surface area is 169 Å². The van der Waals surface area contributed by atoms with E-state index in [2.05, 4.69) is 10.6 Å². The van der Waals surface area contributed by atoms with Crippen molar-refractivity contribution >= 4 is 29.2 Å². The van der Waals surface area contributed by atoms with Crippen LogP contribution < -0.4 is 10.6 Å². The highest BCUT2D eigenvalue weighted by Gasteiger charge is 2.40. The van der Waals surface area contributed by atoms with Crippen LogP contribution in [-0.2, 0) is 9.59 Å². The van der Waals surface area contributed by atoms with Gasteiger partial charge >= 0.3 is 5.97 Å². The number of carboxylic acid groups (broad SMARTS) is 1.